The number of hydrogen-bond acceptors (Lipinski definition) is 3. The van der Waals surface area contributed by atoms with E-state index in [2.05, 4.69) is 12.2 Å². The summed E-state index contributed by atoms with van der Waals surface area (Å²) in [4.78, 5) is 0. The fourth-order valence-corrected chi connectivity index (χ4v) is 2.04. The van der Waals surface area contributed by atoms with E-state index in [1.54, 1.807) is 0 Å². The van der Waals surface area contributed by atoms with Crippen molar-refractivity contribution in [3.05, 3.63) is 11.8 Å². The van der Waals surface area contributed by atoms with Crippen LogP contribution in [0.1, 0.15) is 39.5 Å². The summed E-state index contributed by atoms with van der Waals surface area (Å²) in [7, 11) is 0. The first kappa shape index (κ1) is 13.5. The van der Waals surface area contributed by atoms with Crippen LogP contribution in [0.3, 0.4) is 0 Å². The molecule has 1 N–H and O–H groups in total. The number of rotatable bonds is 8. The van der Waals surface area contributed by atoms with E-state index in [0.29, 0.717) is 6.04 Å². The van der Waals surface area contributed by atoms with E-state index in [9.17, 15) is 0 Å². The molecule has 0 fully saturated rings. The Balaban J connectivity index is 2.31. The first-order valence-electron chi connectivity index (χ1n) is 6.50. The molecule has 0 bridgehead atoms. The van der Waals surface area contributed by atoms with Crippen molar-refractivity contribution in [1.82, 2.24) is 5.32 Å². The molecule has 0 amide bonds. The lowest BCUT2D eigenvalue weighted by Gasteiger charge is -2.23. The smallest absolute Gasteiger partial charge is 0.0876 e. The summed E-state index contributed by atoms with van der Waals surface area (Å²) in [6.07, 6.45) is 6.54. The molecule has 0 spiro atoms. The zero-order valence-electron chi connectivity index (χ0n) is 10.6. The van der Waals surface area contributed by atoms with Gasteiger partial charge in [-0.25, -0.2) is 0 Å². The fraction of sp³-hybridized carbons (Fsp3) is 0.846. The van der Waals surface area contributed by atoms with Gasteiger partial charge in [0.1, 0.15) is 0 Å². The molecule has 0 saturated carbocycles. The summed E-state index contributed by atoms with van der Waals surface area (Å²) in [5.41, 5.74) is 1.42. The summed E-state index contributed by atoms with van der Waals surface area (Å²) in [6.45, 7) is 7.77. The van der Waals surface area contributed by atoms with Crippen molar-refractivity contribution in [2.75, 3.05) is 26.4 Å². The van der Waals surface area contributed by atoms with Gasteiger partial charge in [0, 0.05) is 19.3 Å². The highest BCUT2D eigenvalue weighted by Crippen LogP contribution is 2.18. The zero-order chi connectivity index (χ0) is 11.6. The highest BCUT2D eigenvalue weighted by atomic mass is 16.5. The predicted octanol–water partition coefficient (Wildman–Crippen LogP) is 2.48. The minimum absolute atomic E-state index is 0.478. The second-order valence-corrected chi connectivity index (χ2v) is 4.12. The molecule has 0 saturated heterocycles. The third-order valence-corrected chi connectivity index (χ3v) is 2.85. The molecule has 0 aromatic heterocycles. The molecule has 0 aromatic carbocycles. The minimum Gasteiger partial charge on any atom is -0.501 e. The lowest BCUT2D eigenvalue weighted by atomic mass is 9.98. The van der Waals surface area contributed by atoms with Crippen LogP contribution in [0.5, 0.6) is 0 Å². The normalized spacial score (nSPS) is 17.8. The molecule has 1 aliphatic rings. The molecular weight excluding hydrogens is 202 g/mol. The molecule has 16 heavy (non-hydrogen) atoms. The standard InChI is InChI=1S/C13H25NO2/c1-3-14-13(8-6-9-15-4-2)12-7-5-10-16-11-12/h11,13-14H,3-10H2,1-2H3. The topological polar surface area (TPSA) is 30.5 Å². The fourth-order valence-electron chi connectivity index (χ4n) is 2.04. The molecular formula is C13H25NO2. The summed E-state index contributed by atoms with van der Waals surface area (Å²) in [6, 6.07) is 0.478. The SMILES string of the molecule is CCNC(CCCOCC)C1=COCCC1. The first-order chi connectivity index (χ1) is 7.88. The zero-order valence-corrected chi connectivity index (χ0v) is 10.6. The van der Waals surface area contributed by atoms with Gasteiger partial charge in [0.2, 0.25) is 0 Å². The van der Waals surface area contributed by atoms with Crippen molar-refractivity contribution in [1.29, 1.82) is 0 Å². The van der Waals surface area contributed by atoms with E-state index < -0.39 is 0 Å². The second kappa shape index (κ2) is 8.59. The predicted molar refractivity (Wildman–Crippen MR) is 66.5 cm³/mol. The van der Waals surface area contributed by atoms with Crippen LogP contribution in [0.15, 0.2) is 11.8 Å². The van der Waals surface area contributed by atoms with E-state index in [1.165, 1.54) is 12.0 Å². The number of hydrogen-bond donors (Lipinski definition) is 1. The van der Waals surface area contributed by atoms with E-state index in [1.807, 2.05) is 13.2 Å². The highest BCUT2D eigenvalue weighted by Gasteiger charge is 2.15. The molecule has 1 unspecified atom stereocenters. The van der Waals surface area contributed by atoms with Crippen LogP contribution in [0.2, 0.25) is 0 Å². The van der Waals surface area contributed by atoms with Gasteiger partial charge in [-0.3, -0.25) is 0 Å². The van der Waals surface area contributed by atoms with Crippen molar-refractivity contribution in [2.45, 2.75) is 45.6 Å². The van der Waals surface area contributed by atoms with Crippen molar-refractivity contribution >= 4 is 0 Å². The number of nitrogens with one attached hydrogen (secondary N) is 1. The maximum absolute atomic E-state index is 5.40. The van der Waals surface area contributed by atoms with Crippen LogP contribution >= 0.6 is 0 Å². The Morgan fingerprint density at radius 2 is 2.38 bits per heavy atom. The van der Waals surface area contributed by atoms with Gasteiger partial charge in [0.15, 0.2) is 0 Å². The van der Waals surface area contributed by atoms with Crippen molar-refractivity contribution in [3.63, 3.8) is 0 Å². The van der Waals surface area contributed by atoms with Crippen molar-refractivity contribution in [3.8, 4) is 0 Å². The van der Waals surface area contributed by atoms with Gasteiger partial charge < -0.3 is 14.8 Å². The lowest BCUT2D eigenvalue weighted by Crippen LogP contribution is -2.32. The molecule has 3 heteroatoms. The molecule has 0 radical (unpaired) electrons. The third kappa shape index (κ3) is 4.99. The molecule has 1 heterocycles. The van der Waals surface area contributed by atoms with Crippen LogP contribution in [-0.4, -0.2) is 32.4 Å². The minimum atomic E-state index is 0.478. The average Bonchev–Trinajstić information content (AvgIpc) is 2.34. The van der Waals surface area contributed by atoms with Crippen LogP contribution < -0.4 is 5.32 Å². The lowest BCUT2D eigenvalue weighted by molar-refractivity contribution is 0.141. The molecule has 94 valence electrons. The van der Waals surface area contributed by atoms with Crippen molar-refractivity contribution < 1.29 is 9.47 Å². The van der Waals surface area contributed by atoms with Crippen molar-refractivity contribution in [2.24, 2.45) is 0 Å². The van der Waals surface area contributed by atoms with Gasteiger partial charge in [-0.05, 0) is 44.7 Å². The Morgan fingerprint density at radius 1 is 1.50 bits per heavy atom. The second-order valence-electron chi connectivity index (χ2n) is 4.12. The molecule has 1 aliphatic heterocycles. The Hall–Kier alpha value is -0.540. The Bertz CT molecular complexity index is 204. The highest BCUT2D eigenvalue weighted by molar-refractivity contribution is 5.09. The Labute approximate surface area is 99.2 Å². The summed E-state index contributed by atoms with van der Waals surface area (Å²) >= 11 is 0. The van der Waals surface area contributed by atoms with Crippen LogP contribution in [0.25, 0.3) is 0 Å². The summed E-state index contributed by atoms with van der Waals surface area (Å²) < 4.78 is 10.8. The molecule has 1 atom stereocenters. The quantitative estimate of drug-likeness (QED) is 0.646. The Morgan fingerprint density at radius 3 is 3.00 bits per heavy atom. The van der Waals surface area contributed by atoms with Gasteiger partial charge in [0.25, 0.3) is 0 Å². The van der Waals surface area contributed by atoms with Gasteiger partial charge in [0.05, 0.1) is 12.9 Å². The van der Waals surface area contributed by atoms with E-state index in [-0.39, 0.29) is 0 Å². The van der Waals surface area contributed by atoms with Crippen LogP contribution in [-0.2, 0) is 9.47 Å². The van der Waals surface area contributed by atoms with Gasteiger partial charge in [-0.1, -0.05) is 6.92 Å². The van der Waals surface area contributed by atoms with E-state index in [4.69, 9.17) is 9.47 Å². The van der Waals surface area contributed by atoms with E-state index >= 15 is 0 Å². The third-order valence-electron chi connectivity index (χ3n) is 2.85. The van der Waals surface area contributed by atoms with E-state index in [0.717, 1.165) is 45.6 Å². The Kier molecular flexibility index (Phi) is 7.26. The largest absolute Gasteiger partial charge is 0.501 e. The summed E-state index contributed by atoms with van der Waals surface area (Å²) in [5, 5.41) is 3.53. The van der Waals surface area contributed by atoms with Crippen LogP contribution in [0, 0.1) is 0 Å². The molecule has 0 aromatic rings. The number of ether oxygens (including phenoxy) is 2. The van der Waals surface area contributed by atoms with Gasteiger partial charge in [-0.15, -0.1) is 0 Å². The van der Waals surface area contributed by atoms with Gasteiger partial charge in [-0.2, -0.15) is 0 Å². The monoisotopic (exact) mass is 227 g/mol. The average molecular weight is 227 g/mol. The number of likely N-dealkylation sites (N-methyl/N-ethyl adjacent to an activating group) is 1. The van der Waals surface area contributed by atoms with Gasteiger partial charge >= 0.3 is 0 Å². The molecule has 0 aliphatic carbocycles. The summed E-state index contributed by atoms with van der Waals surface area (Å²) in [5.74, 6) is 0. The molecule has 1 rings (SSSR count). The molecule has 3 nitrogen and oxygen atoms in total. The van der Waals surface area contributed by atoms with Crippen LogP contribution in [0.4, 0.5) is 0 Å². The maximum atomic E-state index is 5.40. The maximum Gasteiger partial charge on any atom is 0.0876 e. The first-order valence-corrected chi connectivity index (χ1v) is 6.50.